The molecule has 1 heterocycles. The second-order valence-corrected chi connectivity index (χ2v) is 3.12. The highest BCUT2D eigenvalue weighted by atomic mass is 15.3. The van der Waals surface area contributed by atoms with Gasteiger partial charge in [0.15, 0.2) is 5.82 Å². The Labute approximate surface area is 78.6 Å². The Morgan fingerprint density at radius 3 is 2.77 bits per heavy atom. The van der Waals surface area contributed by atoms with Gasteiger partial charge in [-0.15, -0.1) is 0 Å². The fourth-order valence-electron chi connectivity index (χ4n) is 1.39. The van der Waals surface area contributed by atoms with Gasteiger partial charge in [-0.25, -0.2) is 10.8 Å². The molecule has 0 aliphatic heterocycles. The number of nitrogen functional groups attached to an aromatic ring is 1. The van der Waals surface area contributed by atoms with Crippen LogP contribution in [0, 0.1) is 0 Å². The lowest BCUT2D eigenvalue weighted by molar-refractivity contribution is 0.645. The Morgan fingerprint density at radius 2 is 2.15 bits per heavy atom. The molecule has 0 aliphatic carbocycles. The van der Waals surface area contributed by atoms with Gasteiger partial charge in [-0.1, -0.05) is 20.3 Å². The van der Waals surface area contributed by atoms with E-state index in [4.69, 9.17) is 5.84 Å². The third-order valence-corrected chi connectivity index (χ3v) is 2.05. The zero-order valence-corrected chi connectivity index (χ0v) is 8.12. The van der Waals surface area contributed by atoms with E-state index >= 15 is 0 Å². The summed E-state index contributed by atoms with van der Waals surface area (Å²) in [4.78, 5) is 8.36. The van der Waals surface area contributed by atoms with Gasteiger partial charge >= 0.3 is 0 Å². The quantitative estimate of drug-likeness (QED) is 0.546. The van der Waals surface area contributed by atoms with E-state index in [0.717, 1.165) is 18.5 Å². The molecule has 0 saturated heterocycles. The molecule has 0 amide bonds. The molecule has 0 spiro atoms. The fraction of sp³-hybridized carbons (Fsp3) is 0.556. The number of aromatic nitrogens is 2. The summed E-state index contributed by atoms with van der Waals surface area (Å²) in [6.07, 6.45) is 5.58. The maximum atomic E-state index is 5.33. The minimum atomic E-state index is 0.407. The lowest BCUT2D eigenvalue weighted by atomic mass is 10.0. The number of hydrogen-bond donors (Lipinski definition) is 2. The van der Waals surface area contributed by atoms with Gasteiger partial charge in [0.05, 0.1) is 5.69 Å². The number of nitrogens with two attached hydrogens (primary N) is 1. The van der Waals surface area contributed by atoms with Crippen LogP contribution >= 0.6 is 0 Å². The molecule has 0 bridgehead atoms. The average molecular weight is 180 g/mol. The standard InChI is InChI=1S/C9H16N4/c1-3-4-7(2)8-9(13-10)12-6-5-11-8/h5-7H,3-4,10H2,1-2H3,(H,12,13). The first-order valence-corrected chi connectivity index (χ1v) is 4.57. The summed E-state index contributed by atoms with van der Waals surface area (Å²) in [5, 5.41) is 0. The van der Waals surface area contributed by atoms with Crippen LogP contribution in [-0.4, -0.2) is 9.97 Å². The first-order valence-electron chi connectivity index (χ1n) is 4.57. The molecule has 0 radical (unpaired) electrons. The first kappa shape index (κ1) is 9.92. The maximum absolute atomic E-state index is 5.33. The van der Waals surface area contributed by atoms with Crippen molar-refractivity contribution in [3.8, 4) is 0 Å². The van der Waals surface area contributed by atoms with E-state index in [1.165, 1.54) is 0 Å². The summed E-state index contributed by atoms with van der Waals surface area (Å²) in [6, 6.07) is 0. The van der Waals surface area contributed by atoms with Crippen LogP contribution in [-0.2, 0) is 0 Å². The fourth-order valence-corrected chi connectivity index (χ4v) is 1.39. The van der Waals surface area contributed by atoms with Gasteiger partial charge in [0.1, 0.15) is 0 Å². The van der Waals surface area contributed by atoms with E-state index in [-0.39, 0.29) is 0 Å². The van der Waals surface area contributed by atoms with Crippen molar-refractivity contribution in [3.05, 3.63) is 18.1 Å². The van der Waals surface area contributed by atoms with Gasteiger partial charge < -0.3 is 5.43 Å². The number of rotatable bonds is 4. The van der Waals surface area contributed by atoms with Gasteiger partial charge in [0.2, 0.25) is 0 Å². The van der Waals surface area contributed by atoms with Crippen molar-refractivity contribution in [1.29, 1.82) is 0 Å². The van der Waals surface area contributed by atoms with Crippen molar-refractivity contribution in [3.63, 3.8) is 0 Å². The number of hydrazine groups is 1. The van der Waals surface area contributed by atoms with Crippen LogP contribution in [0.15, 0.2) is 12.4 Å². The van der Waals surface area contributed by atoms with Gasteiger partial charge in [0, 0.05) is 18.3 Å². The van der Waals surface area contributed by atoms with Crippen LogP contribution in [0.25, 0.3) is 0 Å². The molecule has 1 aromatic rings. The van der Waals surface area contributed by atoms with Gasteiger partial charge in [-0.05, 0) is 6.42 Å². The number of hydrogen-bond acceptors (Lipinski definition) is 4. The van der Waals surface area contributed by atoms with E-state index in [1.54, 1.807) is 12.4 Å². The Hall–Kier alpha value is -1.16. The molecule has 4 nitrogen and oxygen atoms in total. The van der Waals surface area contributed by atoms with Crippen LogP contribution in [0.5, 0.6) is 0 Å². The molecule has 13 heavy (non-hydrogen) atoms. The number of anilines is 1. The van der Waals surface area contributed by atoms with Crippen LogP contribution in [0.2, 0.25) is 0 Å². The minimum Gasteiger partial charge on any atom is -0.307 e. The third-order valence-electron chi connectivity index (χ3n) is 2.05. The van der Waals surface area contributed by atoms with E-state index < -0.39 is 0 Å². The van der Waals surface area contributed by atoms with E-state index in [2.05, 4.69) is 29.2 Å². The molecule has 3 N–H and O–H groups in total. The van der Waals surface area contributed by atoms with Crippen molar-refractivity contribution in [2.45, 2.75) is 32.6 Å². The molecule has 72 valence electrons. The third kappa shape index (κ3) is 2.39. The Kier molecular flexibility index (Phi) is 3.64. The second-order valence-electron chi connectivity index (χ2n) is 3.12. The van der Waals surface area contributed by atoms with Crippen LogP contribution < -0.4 is 11.3 Å². The van der Waals surface area contributed by atoms with Crippen molar-refractivity contribution in [2.75, 3.05) is 5.43 Å². The summed E-state index contributed by atoms with van der Waals surface area (Å²) < 4.78 is 0. The van der Waals surface area contributed by atoms with Crippen LogP contribution in [0.1, 0.15) is 38.3 Å². The number of nitrogens with zero attached hydrogens (tertiary/aromatic N) is 2. The predicted molar refractivity (Wildman–Crippen MR) is 53.2 cm³/mol. The first-order chi connectivity index (χ1) is 6.29. The van der Waals surface area contributed by atoms with Crippen molar-refractivity contribution >= 4 is 5.82 Å². The van der Waals surface area contributed by atoms with Crippen LogP contribution in [0.4, 0.5) is 5.82 Å². The lowest BCUT2D eigenvalue weighted by Crippen LogP contribution is -2.13. The summed E-state index contributed by atoms with van der Waals surface area (Å²) in [6.45, 7) is 4.29. The van der Waals surface area contributed by atoms with Crippen molar-refractivity contribution in [1.82, 2.24) is 9.97 Å². The molecule has 0 aromatic carbocycles. The highest BCUT2D eigenvalue weighted by Gasteiger charge is 2.10. The second kappa shape index (κ2) is 4.77. The summed E-state index contributed by atoms with van der Waals surface area (Å²) in [5.74, 6) is 6.42. The summed E-state index contributed by atoms with van der Waals surface area (Å²) in [5.41, 5.74) is 3.51. The molecule has 4 heteroatoms. The molecular formula is C9H16N4. The molecule has 1 unspecified atom stereocenters. The topological polar surface area (TPSA) is 63.8 Å². The lowest BCUT2D eigenvalue weighted by Gasteiger charge is -2.12. The van der Waals surface area contributed by atoms with Gasteiger partial charge in [-0.2, -0.15) is 0 Å². The molecular weight excluding hydrogens is 164 g/mol. The highest BCUT2D eigenvalue weighted by Crippen LogP contribution is 2.22. The monoisotopic (exact) mass is 180 g/mol. The Bertz CT molecular complexity index is 262. The SMILES string of the molecule is CCCC(C)c1nccnc1NN. The van der Waals surface area contributed by atoms with Crippen LogP contribution in [0.3, 0.4) is 0 Å². The normalized spacial score (nSPS) is 12.5. The molecule has 0 saturated carbocycles. The molecule has 0 fully saturated rings. The van der Waals surface area contributed by atoms with E-state index in [0.29, 0.717) is 11.7 Å². The summed E-state index contributed by atoms with van der Waals surface area (Å²) in [7, 11) is 0. The number of nitrogens with one attached hydrogen (secondary N) is 1. The smallest absolute Gasteiger partial charge is 0.162 e. The van der Waals surface area contributed by atoms with Gasteiger partial charge in [-0.3, -0.25) is 4.98 Å². The molecule has 1 aromatic heterocycles. The highest BCUT2D eigenvalue weighted by molar-refractivity contribution is 5.39. The zero-order chi connectivity index (χ0) is 9.68. The van der Waals surface area contributed by atoms with E-state index in [1.807, 2.05) is 0 Å². The zero-order valence-electron chi connectivity index (χ0n) is 8.12. The minimum absolute atomic E-state index is 0.407. The summed E-state index contributed by atoms with van der Waals surface area (Å²) >= 11 is 0. The Balaban J connectivity index is 2.85. The molecule has 1 atom stereocenters. The predicted octanol–water partition coefficient (Wildman–Crippen LogP) is 1.67. The largest absolute Gasteiger partial charge is 0.307 e. The Morgan fingerprint density at radius 1 is 1.46 bits per heavy atom. The van der Waals surface area contributed by atoms with Crippen molar-refractivity contribution < 1.29 is 0 Å². The van der Waals surface area contributed by atoms with Gasteiger partial charge in [0.25, 0.3) is 0 Å². The van der Waals surface area contributed by atoms with Crippen molar-refractivity contribution in [2.24, 2.45) is 5.84 Å². The molecule has 1 rings (SSSR count). The van der Waals surface area contributed by atoms with E-state index in [9.17, 15) is 0 Å². The molecule has 0 aliphatic rings. The average Bonchev–Trinajstić information content (AvgIpc) is 2.18. The maximum Gasteiger partial charge on any atom is 0.162 e.